The van der Waals surface area contributed by atoms with Gasteiger partial charge in [-0.3, -0.25) is 0 Å². The summed E-state index contributed by atoms with van der Waals surface area (Å²) in [7, 11) is 1.62. The number of hydrogen-bond donors (Lipinski definition) is 0. The van der Waals surface area contributed by atoms with E-state index in [2.05, 4.69) is 20.2 Å². The first-order valence-corrected chi connectivity index (χ1v) is 9.46. The second kappa shape index (κ2) is 7.40. The third-order valence-corrected chi connectivity index (χ3v) is 4.82. The van der Waals surface area contributed by atoms with Crippen molar-refractivity contribution in [1.82, 2.24) is 29.8 Å². The molecule has 5 rings (SSSR count). The minimum atomic E-state index is -0.432. The first-order valence-electron chi connectivity index (χ1n) is 9.46. The molecule has 0 aliphatic carbocycles. The first kappa shape index (κ1) is 18.0. The van der Waals surface area contributed by atoms with Gasteiger partial charge in [0.1, 0.15) is 12.1 Å². The minimum absolute atomic E-state index is 0.432. The van der Waals surface area contributed by atoms with E-state index in [1.165, 1.54) is 6.33 Å². The quantitative estimate of drug-likeness (QED) is 0.444. The Kier molecular flexibility index (Phi) is 4.44. The third kappa shape index (κ3) is 3.18. The minimum Gasteiger partial charge on any atom is -0.497 e. The van der Waals surface area contributed by atoms with Crippen molar-refractivity contribution in [2.75, 3.05) is 7.11 Å². The Balaban J connectivity index is 1.51. The summed E-state index contributed by atoms with van der Waals surface area (Å²) < 4.78 is 13.1. The highest BCUT2D eigenvalue weighted by atomic mass is 16.5. The summed E-state index contributed by atoms with van der Waals surface area (Å²) in [6.07, 6.45) is 1.04. The van der Waals surface area contributed by atoms with Gasteiger partial charge >= 0.3 is 0 Å². The lowest BCUT2D eigenvalue weighted by molar-refractivity contribution is 0.207. The molecular weight excluding hydrogens is 380 g/mol. The summed E-state index contributed by atoms with van der Waals surface area (Å²) >= 11 is 0. The predicted molar refractivity (Wildman–Crippen MR) is 111 cm³/mol. The topological polar surface area (TPSA) is 87.3 Å². The fraction of sp³-hybridized carbons (Fsp3) is 0.136. The lowest BCUT2D eigenvalue weighted by Gasteiger charge is -2.14. The van der Waals surface area contributed by atoms with Crippen LogP contribution < -0.4 is 9.47 Å². The largest absolute Gasteiger partial charge is 0.497 e. The monoisotopic (exact) mass is 398 g/mol. The summed E-state index contributed by atoms with van der Waals surface area (Å²) in [5.41, 5.74) is 3.24. The summed E-state index contributed by atoms with van der Waals surface area (Å²) in [5.74, 6) is 1.77. The Hall–Kier alpha value is -4.07. The Morgan fingerprint density at radius 1 is 0.933 bits per heavy atom. The van der Waals surface area contributed by atoms with E-state index in [9.17, 15) is 0 Å². The second-order valence-electron chi connectivity index (χ2n) is 6.73. The van der Waals surface area contributed by atoms with Crippen molar-refractivity contribution in [3.05, 3.63) is 72.8 Å². The van der Waals surface area contributed by atoms with Crippen molar-refractivity contribution >= 4 is 16.6 Å². The standard InChI is InChI=1S/C22H18N6O2/c1-14(30-22-17-9-8-16(29-2)12-19(17)23-13-24-22)21-26-25-20-11-10-18(27-28(20)21)15-6-4-3-5-7-15/h3-14H,1-2H3/t14-/m1/s1. The predicted octanol–water partition coefficient (Wildman–Crippen LogP) is 3.88. The van der Waals surface area contributed by atoms with Gasteiger partial charge in [0.05, 0.1) is 23.7 Å². The maximum Gasteiger partial charge on any atom is 0.225 e. The molecule has 0 aliphatic rings. The summed E-state index contributed by atoms with van der Waals surface area (Å²) in [5, 5.41) is 14.0. The van der Waals surface area contributed by atoms with Crippen molar-refractivity contribution in [3.8, 4) is 22.9 Å². The number of aromatic nitrogens is 6. The van der Waals surface area contributed by atoms with Crippen molar-refractivity contribution in [2.45, 2.75) is 13.0 Å². The van der Waals surface area contributed by atoms with Crippen LogP contribution in [0.2, 0.25) is 0 Å². The van der Waals surface area contributed by atoms with Crippen LogP contribution in [0.3, 0.4) is 0 Å². The number of fused-ring (bicyclic) bond motifs is 2. The Bertz CT molecular complexity index is 1340. The van der Waals surface area contributed by atoms with Crippen LogP contribution in [0.4, 0.5) is 0 Å². The molecule has 2 aromatic carbocycles. The molecule has 0 saturated heterocycles. The molecule has 8 nitrogen and oxygen atoms in total. The molecule has 0 bridgehead atoms. The smallest absolute Gasteiger partial charge is 0.225 e. The number of methoxy groups -OCH3 is 1. The van der Waals surface area contributed by atoms with Gasteiger partial charge in [0.15, 0.2) is 17.6 Å². The first-order chi connectivity index (χ1) is 14.7. The normalized spacial score (nSPS) is 12.2. The molecule has 0 amide bonds. The fourth-order valence-corrected chi connectivity index (χ4v) is 3.28. The molecule has 0 aliphatic heterocycles. The Morgan fingerprint density at radius 3 is 2.63 bits per heavy atom. The van der Waals surface area contributed by atoms with Crippen LogP contribution in [0.1, 0.15) is 18.9 Å². The lowest BCUT2D eigenvalue weighted by atomic mass is 10.1. The molecule has 148 valence electrons. The molecule has 3 aromatic heterocycles. The van der Waals surface area contributed by atoms with Crippen LogP contribution in [0.25, 0.3) is 27.8 Å². The highest BCUT2D eigenvalue weighted by Gasteiger charge is 2.19. The summed E-state index contributed by atoms with van der Waals surface area (Å²) in [6.45, 7) is 1.89. The summed E-state index contributed by atoms with van der Waals surface area (Å²) in [6, 6.07) is 19.4. The van der Waals surface area contributed by atoms with Crippen molar-refractivity contribution in [1.29, 1.82) is 0 Å². The van der Waals surface area contributed by atoms with E-state index in [4.69, 9.17) is 14.6 Å². The third-order valence-electron chi connectivity index (χ3n) is 4.82. The van der Waals surface area contributed by atoms with Gasteiger partial charge in [-0.1, -0.05) is 30.3 Å². The van der Waals surface area contributed by atoms with Crippen molar-refractivity contribution in [3.63, 3.8) is 0 Å². The van der Waals surface area contributed by atoms with E-state index in [1.54, 1.807) is 11.6 Å². The van der Waals surface area contributed by atoms with Gasteiger partial charge in [0.25, 0.3) is 0 Å². The van der Waals surface area contributed by atoms with Gasteiger partial charge in [-0.05, 0) is 31.2 Å². The van der Waals surface area contributed by atoms with Crippen molar-refractivity contribution < 1.29 is 9.47 Å². The molecule has 8 heteroatoms. The number of benzene rings is 2. The highest BCUT2D eigenvalue weighted by Crippen LogP contribution is 2.28. The Morgan fingerprint density at radius 2 is 1.80 bits per heavy atom. The highest BCUT2D eigenvalue weighted by molar-refractivity contribution is 5.84. The van der Waals surface area contributed by atoms with E-state index in [0.29, 0.717) is 17.4 Å². The molecule has 0 fully saturated rings. The van der Waals surface area contributed by atoms with E-state index in [-0.39, 0.29) is 0 Å². The van der Waals surface area contributed by atoms with E-state index >= 15 is 0 Å². The molecule has 3 heterocycles. The zero-order valence-corrected chi connectivity index (χ0v) is 16.4. The molecule has 0 unspecified atom stereocenters. The maximum atomic E-state index is 6.14. The molecule has 1 atom stereocenters. The number of rotatable bonds is 5. The number of hydrogen-bond acceptors (Lipinski definition) is 7. The van der Waals surface area contributed by atoms with E-state index in [0.717, 1.165) is 27.9 Å². The van der Waals surface area contributed by atoms with Gasteiger partial charge < -0.3 is 9.47 Å². The van der Waals surface area contributed by atoms with Gasteiger partial charge in [-0.2, -0.15) is 9.61 Å². The molecule has 30 heavy (non-hydrogen) atoms. The van der Waals surface area contributed by atoms with Gasteiger partial charge in [-0.25, -0.2) is 9.97 Å². The molecule has 5 aromatic rings. The lowest BCUT2D eigenvalue weighted by Crippen LogP contribution is -2.11. The van der Waals surface area contributed by atoms with Gasteiger partial charge in [0, 0.05) is 11.6 Å². The van der Waals surface area contributed by atoms with Crippen molar-refractivity contribution in [2.24, 2.45) is 0 Å². The zero-order chi connectivity index (χ0) is 20.5. The van der Waals surface area contributed by atoms with Crippen LogP contribution in [0, 0.1) is 0 Å². The van der Waals surface area contributed by atoms with Crippen LogP contribution in [-0.2, 0) is 0 Å². The zero-order valence-electron chi connectivity index (χ0n) is 16.4. The van der Waals surface area contributed by atoms with Crippen LogP contribution >= 0.6 is 0 Å². The van der Waals surface area contributed by atoms with Gasteiger partial charge in [-0.15, -0.1) is 10.2 Å². The molecular formula is C22H18N6O2. The second-order valence-corrected chi connectivity index (χ2v) is 6.73. The van der Waals surface area contributed by atoms with Crippen LogP contribution in [0.5, 0.6) is 11.6 Å². The van der Waals surface area contributed by atoms with E-state index < -0.39 is 6.10 Å². The van der Waals surface area contributed by atoms with Crippen LogP contribution in [0.15, 0.2) is 67.0 Å². The molecule has 0 spiro atoms. The Labute approximate surface area is 172 Å². The molecule has 0 saturated carbocycles. The van der Waals surface area contributed by atoms with Crippen LogP contribution in [-0.4, -0.2) is 36.9 Å². The van der Waals surface area contributed by atoms with E-state index in [1.807, 2.05) is 67.6 Å². The average molecular weight is 398 g/mol. The summed E-state index contributed by atoms with van der Waals surface area (Å²) in [4.78, 5) is 8.60. The SMILES string of the molecule is COc1ccc2c(O[C@H](C)c3nnc4ccc(-c5ccccc5)nn34)ncnc2c1. The number of ether oxygens (including phenoxy) is 2. The molecule has 0 N–H and O–H groups in total. The number of nitrogens with zero attached hydrogens (tertiary/aromatic N) is 6. The fourth-order valence-electron chi connectivity index (χ4n) is 3.28. The van der Waals surface area contributed by atoms with Gasteiger partial charge in [0.2, 0.25) is 5.88 Å². The maximum absolute atomic E-state index is 6.14. The molecule has 0 radical (unpaired) electrons. The average Bonchev–Trinajstić information content (AvgIpc) is 3.23.